The van der Waals surface area contributed by atoms with Crippen molar-refractivity contribution in [3.8, 4) is 5.75 Å². The summed E-state index contributed by atoms with van der Waals surface area (Å²) in [6.45, 7) is 11.7. The molecular weight excluding hydrogens is 250 g/mol. The summed E-state index contributed by atoms with van der Waals surface area (Å²) in [7, 11) is 0. The highest BCUT2D eigenvalue weighted by molar-refractivity contribution is 5.39. The molecule has 0 aliphatic carbocycles. The predicted octanol–water partition coefficient (Wildman–Crippen LogP) is 3.86. The van der Waals surface area contributed by atoms with E-state index in [2.05, 4.69) is 51.2 Å². The molecule has 1 unspecified atom stereocenters. The first kappa shape index (κ1) is 17.0. The fraction of sp³-hybridized carbons (Fsp3) is 0.647. The van der Waals surface area contributed by atoms with E-state index in [0.29, 0.717) is 19.3 Å². The molecule has 0 amide bonds. The Balaban J connectivity index is 2.59. The van der Waals surface area contributed by atoms with Crippen LogP contribution >= 0.6 is 0 Å². The van der Waals surface area contributed by atoms with Gasteiger partial charge in [0, 0.05) is 18.2 Å². The van der Waals surface area contributed by atoms with Gasteiger partial charge in [-0.05, 0) is 39.3 Å². The predicted molar refractivity (Wildman–Crippen MR) is 84.5 cm³/mol. The lowest BCUT2D eigenvalue weighted by Crippen LogP contribution is -2.20. The summed E-state index contributed by atoms with van der Waals surface area (Å²) in [5.41, 5.74) is 2.49. The van der Waals surface area contributed by atoms with E-state index in [1.54, 1.807) is 0 Å². The van der Waals surface area contributed by atoms with Crippen molar-refractivity contribution in [1.82, 2.24) is 5.32 Å². The standard InChI is InChI=1S/C17H29NO2/c1-5-9-18-15(4)16-13-14(3)7-8-17(16)20-12-11-19-10-6-2/h7-8,13,15,18H,5-6,9-12H2,1-4H3. The van der Waals surface area contributed by atoms with Crippen LogP contribution in [0, 0.1) is 6.92 Å². The van der Waals surface area contributed by atoms with Gasteiger partial charge in [-0.3, -0.25) is 0 Å². The molecule has 0 aromatic heterocycles. The van der Waals surface area contributed by atoms with E-state index in [0.717, 1.165) is 31.7 Å². The quantitative estimate of drug-likeness (QED) is 0.660. The molecule has 20 heavy (non-hydrogen) atoms. The Hall–Kier alpha value is -1.06. The zero-order valence-electron chi connectivity index (χ0n) is 13.4. The molecule has 0 aliphatic heterocycles. The summed E-state index contributed by atoms with van der Waals surface area (Å²) >= 11 is 0. The molecule has 1 rings (SSSR count). The van der Waals surface area contributed by atoms with Crippen LogP contribution in [-0.2, 0) is 4.74 Å². The van der Waals surface area contributed by atoms with Gasteiger partial charge in [0.05, 0.1) is 6.61 Å². The third-order valence-corrected chi connectivity index (χ3v) is 3.17. The zero-order chi connectivity index (χ0) is 14.8. The third-order valence-electron chi connectivity index (χ3n) is 3.17. The maximum Gasteiger partial charge on any atom is 0.124 e. The van der Waals surface area contributed by atoms with Crippen molar-refractivity contribution in [2.75, 3.05) is 26.4 Å². The topological polar surface area (TPSA) is 30.5 Å². The van der Waals surface area contributed by atoms with Crippen LogP contribution in [-0.4, -0.2) is 26.4 Å². The van der Waals surface area contributed by atoms with Gasteiger partial charge in [0.25, 0.3) is 0 Å². The normalized spacial score (nSPS) is 12.4. The van der Waals surface area contributed by atoms with E-state index in [-0.39, 0.29) is 0 Å². The number of ether oxygens (including phenoxy) is 2. The van der Waals surface area contributed by atoms with Crippen molar-refractivity contribution < 1.29 is 9.47 Å². The number of benzene rings is 1. The average molecular weight is 279 g/mol. The molecule has 1 aromatic carbocycles. The van der Waals surface area contributed by atoms with Crippen LogP contribution < -0.4 is 10.1 Å². The van der Waals surface area contributed by atoms with Crippen molar-refractivity contribution in [2.24, 2.45) is 0 Å². The molecule has 0 aliphatic rings. The highest BCUT2D eigenvalue weighted by atomic mass is 16.5. The number of nitrogens with one attached hydrogen (secondary N) is 1. The Bertz CT molecular complexity index is 379. The van der Waals surface area contributed by atoms with E-state index in [1.165, 1.54) is 11.1 Å². The third kappa shape index (κ3) is 5.93. The first-order chi connectivity index (χ1) is 9.69. The van der Waals surface area contributed by atoms with Gasteiger partial charge < -0.3 is 14.8 Å². The van der Waals surface area contributed by atoms with Gasteiger partial charge in [-0.2, -0.15) is 0 Å². The van der Waals surface area contributed by atoms with Crippen molar-refractivity contribution in [2.45, 2.75) is 46.6 Å². The van der Waals surface area contributed by atoms with Crippen LogP contribution in [0.4, 0.5) is 0 Å². The summed E-state index contributed by atoms with van der Waals surface area (Å²) in [5, 5.41) is 3.52. The van der Waals surface area contributed by atoms with Gasteiger partial charge in [-0.25, -0.2) is 0 Å². The molecule has 0 spiro atoms. The van der Waals surface area contributed by atoms with Gasteiger partial charge in [-0.15, -0.1) is 0 Å². The maximum absolute atomic E-state index is 5.87. The summed E-state index contributed by atoms with van der Waals surface area (Å²) in [6, 6.07) is 6.67. The Morgan fingerprint density at radius 1 is 1.10 bits per heavy atom. The molecule has 0 saturated carbocycles. The minimum absolute atomic E-state index is 0.307. The first-order valence-electron chi connectivity index (χ1n) is 7.73. The van der Waals surface area contributed by atoms with Crippen LogP contribution in [0.3, 0.4) is 0 Å². The first-order valence-corrected chi connectivity index (χ1v) is 7.73. The molecule has 0 radical (unpaired) electrons. The van der Waals surface area contributed by atoms with Crippen LogP contribution in [0.2, 0.25) is 0 Å². The lowest BCUT2D eigenvalue weighted by molar-refractivity contribution is 0.100. The van der Waals surface area contributed by atoms with E-state index >= 15 is 0 Å². The second kappa shape index (κ2) is 9.78. The Morgan fingerprint density at radius 3 is 2.60 bits per heavy atom. The smallest absolute Gasteiger partial charge is 0.124 e. The van der Waals surface area contributed by atoms with E-state index in [1.807, 2.05) is 0 Å². The monoisotopic (exact) mass is 279 g/mol. The lowest BCUT2D eigenvalue weighted by Gasteiger charge is -2.19. The van der Waals surface area contributed by atoms with E-state index in [9.17, 15) is 0 Å². The fourth-order valence-corrected chi connectivity index (χ4v) is 2.07. The molecule has 1 atom stereocenters. The largest absolute Gasteiger partial charge is 0.491 e. The lowest BCUT2D eigenvalue weighted by atomic mass is 10.0. The van der Waals surface area contributed by atoms with Gasteiger partial charge in [0.2, 0.25) is 0 Å². The molecule has 0 bridgehead atoms. The number of hydrogen-bond acceptors (Lipinski definition) is 3. The molecule has 114 valence electrons. The number of aryl methyl sites for hydroxylation is 1. The van der Waals surface area contributed by atoms with Gasteiger partial charge in [0.15, 0.2) is 0 Å². The van der Waals surface area contributed by atoms with Gasteiger partial charge in [0.1, 0.15) is 12.4 Å². The Kier molecular flexibility index (Phi) is 8.31. The molecule has 1 aromatic rings. The molecular formula is C17H29NO2. The zero-order valence-corrected chi connectivity index (χ0v) is 13.4. The van der Waals surface area contributed by atoms with E-state index < -0.39 is 0 Å². The van der Waals surface area contributed by atoms with Crippen LogP contribution in [0.25, 0.3) is 0 Å². The molecule has 0 fully saturated rings. The fourth-order valence-electron chi connectivity index (χ4n) is 2.07. The van der Waals surface area contributed by atoms with Gasteiger partial charge >= 0.3 is 0 Å². The van der Waals surface area contributed by atoms with Crippen LogP contribution in [0.1, 0.15) is 50.8 Å². The van der Waals surface area contributed by atoms with Crippen molar-refractivity contribution in [1.29, 1.82) is 0 Å². The molecule has 3 heteroatoms. The summed E-state index contributed by atoms with van der Waals surface area (Å²) in [4.78, 5) is 0. The highest BCUT2D eigenvalue weighted by Crippen LogP contribution is 2.26. The minimum Gasteiger partial charge on any atom is -0.491 e. The van der Waals surface area contributed by atoms with Crippen molar-refractivity contribution in [3.05, 3.63) is 29.3 Å². The molecule has 1 N–H and O–H groups in total. The van der Waals surface area contributed by atoms with E-state index in [4.69, 9.17) is 9.47 Å². The van der Waals surface area contributed by atoms with Gasteiger partial charge in [-0.1, -0.05) is 31.5 Å². The Labute approximate surface area is 123 Å². The number of rotatable bonds is 10. The molecule has 0 heterocycles. The number of hydrogen-bond donors (Lipinski definition) is 1. The minimum atomic E-state index is 0.307. The average Bonchev–Trinajstić information content (AvgIpc) is 2.45. The highest BCUT2D eigenvalue weighted by Gasteiger charge is 2.11. The summed E-state index contributed by atoms with van der Waals surface area (Å²) in [5.74, 6) is 0.965. The molecule has 0 saturated heterocycles. The second-order valence-electron chi connectivity index (χ2n) is 5.18. The molecule has 3 nitrogen and oxygen atoms in total. The summed E-state index contributed by atoms with van der Waals surface area (Å²) < 4.78 is 11.3. The van der Waals surface area contributed by atoms with Crippen molar-refractivity contribution in [3.63, 3.8) is 0 Å². The van der Waals surface area contributed by atoms with Crippen LogP contribution in [0.5, 0.6) is 5.75 Å². The van der Waals surface area contributed by atoms with Crippen LogP contribution in [0.15, 0.2) is 18.2 Å². The summed E-state index contributed by atoms with van der Waals surface area (Å²) in [6.07, 6.45) is 2.19. The second-order valence-corrected chi connectivity index (χ2v) is 5.18. The SMILES string of the molecule is CCCNC(C)c1cc(C)ccc1OCCOCCC. The Morgan fingerprint density at radius 2 is 1.90 bits per heavy atom. The maximum atomic E-state index is 5.87. The van der Waals surface area contributed by atoms with Crippen molar-refractivity contribution >= 4 is 0 Å².